The first-order valence-corrected chi connectivity index (χ1v) is 9.01. The zero-order chi connectivity index (χ0) is 20.1. The van der Waals surface area contributed by atoms with Gasteiger partial charge in [-0.1, -0.05) is 12.1 Å². The molecule has 3 rings (SSSR count). The Labute approximate surface area is 164 Å². The van der Waals surface area contributed by atoms with Crippen LogP contribution < -0.4 is 10.2 Å². The fourth-order valence-corrected chi connectivity index (χ4v) is 2.85. The molecule has 0 bridgehead atoms. The van der Waals surface area contributed by atoms with Gasteiger partial charge in [-0.15, -0.1) is 0 Å². The van der Waals surface area contributed by atoms with Gasteiger partial charge in [-0.05, 0) is 68.8 Å². The summed E-state index contributed by atoms with van der Waals surface area (Å²) in [7, 11) is 0. The molecule has 1 aromatic heterocycles. The van der Waals surface area contributed by atoms with E-state index < -0.39 is 0 Å². The number of rotatable bonds is 5. The Bertz CT molecular complexity index is 1040. The van der Waals surface area contributed by atoms with E-state index >= 15 is 0 Å². The summed E-state index contributed by atoms with van der Waals surface area (Å²) in [5.74, 6) is 0.162. The summed E-state index contributed by atoms with van der Waals surface area (Å²) in [4.78, 5) is 23.7. The van der Waals surface area contributed by atoms with Crippen molar-refractivity contribution in [3.05, 3.63) is 77.1 Å². The van der Waals surface area contributed by atoms with E-state index in [1.54, 1.807) is 30.3 Å². The monoisotopic (exact) mass is 371 g/mol. The van der Waals surface area contributed by atoms with Gasteiger partial charge in [0.2, 0.25) is 5.95 Å². The number of aryl methyl sites for hydroxylation is 2. The molecule has 0 saturated carbocycles. The third-order valence-corrected chi connectivity index (χ3v) is 4.22. The lowest BCUT2D eigenvalue weighted by molar-refractivity contribution is 0.102. The van der Waals surface area contributed by atoms with Crippen LogP contribution in [0.1, 0.15) is 34.2 Å². The second kappa shape index (κ2) is 8.31. The fraction of sp³-hybridized carbons (Fsp3) is 0.182. The van der Waals surface area contributed by atoms with Crippen LogP contribution in [-0.2, 0) is 0 Å². The Morgan fingerprint density at radius 1 is 1.11 bits per heavy atom. The molecule has 6 heteroatoms. The molecule has 1 heterocycles. The minimum absolute atomic E-state index is 0.290. The number of benzene rings is 2. The Kier molecular flexibility index (Phi) is 5.66. The summed E-state index contributed by atoms with van der Waals surface area (Å²) in [6, 6.07) is 18.5. The number of nitriles is 1. The first kappa shape index (κ1) is 19.1. The molecule has 0 atom stereocenters. The summed E-state index contributed by atoms with van der Waals surface area (Å²) in [5, 5.41) is 11.7. The van der Waals surface area contributed by atoms with Gasteiger partial charge >= 0.3 is 0 Å². The van der Waals surface area contributed by atoms with Crippen molar-refractivity contribution in [3.8, 4) is 6.07 Å². The van der Waals surface area contributed by atoms with Crippen LogP contribution in [0, 0.1) is 25.2 Å². The molecule has 0 aliphatic heterocycles. The van der Waals surface area contributed by atoms with Crippen molar-refractivity contribution in [2.45, 2.75) is 20.8 Å². The van der Waals surface area contributed by atoms with Crippen molar-refractivity contribution in [2.75, 3.05) is 16.8 Å². The summed E-state index contributed by atoms with van der Waals surface area (Å²) >= 11 is 0. The summed E-state index contributed by atoms with van der Waals surface area (Å²) < 4.78 is 0. The highest BCUT2D eigenvalue weighted by molar-refractivity contribution is 6.03. The molecular weight excluding hydrogens is 350 g/mol. The van der Waals surface area contributed by atoms with Crippen LogP contribution >= 0.6 is 0 Å². The number of hydrogen-bond donors (Lipinski definition) is 1. The molecule has 0 saturated heterocycles. The van der Waals surface area contributed by atoms with E-state index in [1.165, 1.54) is 0 Å². The fourth-order valence-electron chi connectivity index (χ4n) is 2.85. The van der Waals surface area contributed by atoms with Crippen molar-refractivity contribution >= 4 is 23.2 Å². The molecule has 0 aliphatic rings. The highest BCUT2D eigenvalue weighted by Crippen LogP contribution is 2.23. The summed E-state index contributed by atoms with van der Waals surface area (Å²) in [5.41, 5.74) is 4.26. The van der Waals surface area contributed by atoms with Crippen molar-refractivity contribution in [3.63, 3.8) is 0 Å². The maximum Gasteiger partial charge on any atom is 0.274 e. The molecule has 0 fully saturated rings. The van der Waals surface area contributed by atoms with E-state index in [0.717, 1.165) is 11.3 Å². The maximum absolute atomic E-state index is 12.7. The van der Waals surface area contributed by atoms with E-state index in [0.29, 0.717) is 29.4 Å². The van der Waals surface area contributed by atoms with Gasteiger partial charge < -0.3 is 10.2 Å². The van der Waals surface area contributed by atoms with Gasteiger partial charge in [0.1, 0.15) is 5.69 Å². The van der Waals surface area contributed by atoms with E-state index in [-0.39, 0.29) is 11.6 Å². The van der Waals surface area contributed by atoms with Crippen LogP contribution in [0.15, 0.2) is 54.6 Å². The van der Waals surface area contributed by atoms with Crippen molar-refractivity contribution in [1.29, 1.82) is 5.26 Å². The Hall–Kier alpha value is -3.72. The topological polar surface area (TPSA) is 81.9 Å². The molecule has 0 aliphatic carbocycles. The zero-order valence-electron chi connectivity index (χ0n) is 16.1. The molecule has 0 unspecified atom stereocenters. The standard InChI is InChI=1S/C22H21N5O/c1-4-27(19-7-5-6-15(2)12-19)22-24-16(3)13-20(26-22)21(28)25-18-10-8-17(14-23)9-11-18/h5-13H,4H2,1-3H3,(H,25,28). The number of hydrogen-bond acceptors (Lipinski definition) is 5. The minimum Gasteiger partial charge on any atom is -0.321 e. The number of anilines is 3. The average molecular weight is 371 g/mol. The molecular formula is C22H21N5O. The molecule has 2 aromatic carbocycles. The molecule has 28 heavy (non-hydrogen) atoms. The smallest absolute Gasteiger partial charge is 0.274 e. The van der Waals surface area contributed by atoms with Crippen LogP contribution in [0.3, 0.4) is 0 Å². The van der Waals surface area contributed by atoms with E-state index in [1.807, 2.05) is 43.9 Å². The van der Waals surface area contributed by atoms with Gasteiger partial charge in [0.15, 0.2) is 0 Å². The number of carbonyl (C=O) groups is 1. The minimum atomic E-state index is -0.322. The van der Waals surface area contributed by atoms with Crippen molar-refractivity contribution in [1.82, 2.24) is 9.97 Å². The lowest BCUT2D eigenvalue weighted by Gasteiger charge is -2.22. The molecule has 1 N–H and O–H groups in total. The lowest BCUT2D eigenvalue weighted by Crippen LogP contribution is -2.22. The van der Waals surface area contributed by atoms with Gasteiger partial charge in [-0.3, -0.25) is 4.79 Å². The van der Waals surface area contributed by atoms with Crippen molar-refractivity contribution in [2.24, 2.45) is 0 Å². The van der Waals surface area contributed by atoms with Gasteiger partial charge in [-0.25, -0.2) is 9.97 Å². The Morgan fingerprint density at radius 3 is 2.50 bits per heavy atom. The number of nitrogens with one attached hydrogen (secondary N) is 1. The molecule has 6 nitrogen and oxygen atoms in total. The first-order valence-electron chi connectivity index (χ1n) is 9.01. The predicted octanol–water partition coefficient (Wildman–Crippen LogP) is 4.38. The molecule has 1 amide bonds. The number of aromatic nitrogens is 2. The highest BCUT2D eigenvalue weighted by atomic mass is 16.1. The lowest BCUT2D eigenvalue weighted by atomic mass is 10.2. The number of carbonyl (C=O) groups excluding carboxylic acids is 1. The Morgan fingerprint density at radius 2 is 1.86 bits per heavy atom. The number of nitrogens with zero attached hydrogens (tertiary/aromatic N) is 4. The second-order valence-corrected chi connectivity index (χ2v) is 6.42. The highest BCUT2D eigenvalue weighted by Gasteiger charge is 2.16. The van der Waals surface area contributed by atoms with Crippen LogP contribution in [0.4, 0.5) is 17.3 Å². The zero-order valence-corrected chi connectivity index (χ0v) is 16.1. The summed E-state index contributed by atoms with van der Waals surface area (Å²) in [6.07, 6.45) is 0. The maximum atomic E-state index is 12.7. The predicted molar refractivity (Wildman–Crippen MR) is 110 cm³/mol. The van der Waals surface area contributed by atoms with E-state index in [4.69, 9.17) is 5.26 Å². The van der Waals surface area contributed by atoms with Crippen LogP contribution in [0.5, 0.6) is 0 Å². The third-order valence-electron chi connectivity index (χ3n) is 4.22. The number of amides is 1. The molecule has 3 aromatic rings. The second-order valence-electron chi connectivity index (χ2n) is 6.42. The van der Waals surface area contributed by atoms with Gasteiger partial charge in [0, 0.05) is 23.6 Å². The quantitative estimate of drug-likeness (QED) is 0.720. The third kappa shape index (κ3) is 4.33. The first-order chi connectivity index (χ1) is 13.5. The van der Waals surface area contributed by atoms with E-state index in [9.17, 15) is 4.79 Å². The van der Waals surface area contributed by atoms with Crippen LogP contribution in [-0.4, -0.2) is 22.4 Å². The SMILES string of the molecule is CCN(c1cccc(C)c1)c1nc(C)cc(C(=O)Nc2ccc(C#N)cc2)n1. The Balaban J connectivity index is 1.89. The normalized spacial score (nSPS) is 10.2. The van der Waals surface area contributed by atoms with Gasteiger partial charge in [-0.2, -0.15) is 5.26 Å². The average Bonchev–Trinajstić information content (AvgIpc) is 2.69. The van der Waals surface area contributed by atoms with Gasteiger partial charge in [0.05, 0.1) is 11.6 Å². The van der Waals surface area contributed by atoms with Crippen molar-refractivity contribution < 1.29 is 4.79 Å². The molecule has 0 spiro atoms. The van der Waals surface area contributed by atoms with E-state index in [2.05, 4.69) is 27.4 Å². The van der Waals surface area contributed by atoms with Crippen LogP contribution in [0.2, 0.25) is 0 Å². The largest absolute Gasteiger partial charge is 0.321 e. The molecule has 140 valence electrons. The summed E-state index contributed by atoms with van der Waals surface area (Å²) in [6.45, 7) is 6.56. The van der Waals surface area contributed by atoms with Gasteiger partial charge in [0.25, 0.3) is 5.91 Å². The molecule has 0 radical (unpaired) electrons. The van der Waals surface area contributed by atoms with Crippen LogP contribution in [0.25, 0.3) is 0 Å².